The lowest BCUT2D eigenvalue weighted by Gasteiger charge is -2.43. The molecular formula is C25H30O9. The highest BCUT2D eigenvalue weighted by Gasteiger charge is 2.45. The molecule has 0 spiro atoms. The van der Waals surface area contributed by atoms with Crippen molar-refractivity contribution in [2.75, 3.05) is 48.4 Å². The van der Waals surface area contributed by atoms with Crippen LogP contribution in [0, 0.1) is 11.8 Å². The molecule has 0 saturated carbocycles. The lowest BCUT2D eigenvalue weighted by Crippen LogP contribution is -2.39. The van der Waals surface area contributed by atoms with Gasteiger partial charge in [0.05, 0.1) is 34.0 Å². The molecule has 2 aromatic rings. The Balaban J connectivity index is 1.96. The molecule has 9 heteroatoms. The van der Waals surface area contributed by atoms with E-state index >= 15 is 0 Å². The largest absolute Gasteiger partial charge is 0.493 e. The van der Waals surface area contributed by atoms with E-state index in [0.29, 0.717) is 28.7 Å². The molecule has 0 unspecified atom stereocenters. The molecule has 4 atom stereocenters. The monoisotopic (exact) mass is 474 g/mol. The number of hydrogen-bond acceptors (Lipinski definition) is 9. The smallest absolute Gasteiger partial charge is 0.302 e. The van der Waals surface area contributed by atoms with Gasteiger partial charge < -0.3 is 38.3 Å². The van der Waals surface area contributed by atoms with Crippen molar-refractivity contribution in [2.24, 2.45) is 11.8 Å². The van der Waals surface area contributed by atoms with Crippen molar-refractivity contribution in [3.63, 3.8) is 0 Å². The van der Waals surface area contributed by atoms with E-state index < -0.39 is 12.1 Å². The standard InChI is InChI=1S/C25H30O9/c1-13(27)32-11-18-17(10-26)24(30-4)16-9-20-19(33-12-34-20)8-15(16)23(18)14-6-21(28-2)25(31-5)22(7-14)29-3/h6-9,17-18,23-24,26H,10-12H2,1-5H3/t17-,18+,23+,24+/m0/s1. The molecule has 0 amide bonds. The summed E-state index contributed by atoms with van der Waals surface area (Å²) in [5, 5.41) is 10.4. The number of hydrogen-bond donors (Lipinski definition) is 1. The molecule has 1 N–H and O–H groups in total. The Morgan fingerprint density at radius 3 is 2.06 bits per heavy atom. The van der Waals surface area contributed by atoms with Gasteiger partial charge in [0, 0.05) is 38.4 Å². The average molecular weight is 475 g/mol. The quantitative estimate of drug-likeness (QED) is 0.578. The minimum atomic E-state index is -0.437. The highest BCUT2D eigenvalue weighted by molar-refractivity contribution is 5.66. The fourth-order valence-electron chi connectivity index (χ4n) is 5.10. The van der Waals surface area contributed by atoms with Crippen molar-refractivity contribution in [2.45, 2.75) is 18.9 Å². The fraction of sp³-hybridized carbons (Fsp3) is 0.480. The van der Waals surface area contributed by atoms with Gasteiger partial charge in [0.2, 0.25) is 12.5 Å². The molecule has 34 heavy (non-hydrogen) atoms. The second-order valence-electron chi connectivity index (χ2n) is 8.24. The molecule has 2 aromatic carbocycles. The third-order valence-corrected chi connectivity index (χ3v) is 6.58. The van der Waals surface area contributed by atoms with Crippen LogP contribution in [0.2, 0.25) is 0 Å². The summed E-state index contributed by atoms with van der Waals surface area (Å²) in [5.74, 6) is 1.35. The van der Waals surface area contributed by atoms with E-state index in [2.05, 4.69) is 0 Å². The summed E-state index contributed by atoms with van der Waals surface area (Å²) in [4.78, 5) is 11.7. The molecule has 1 aliphatic heterocycles. The highest BCUT2D eigenvalue weighted by Crippen LogP contribution is 2.54. The first-order valence-electron chi connectivity index (χ1n) is 11.0. The predicted octanol–water partition coefficient (Wildman–Crippen LogP) is 3.06. The number of fused-ring (bicyclic) bond motifs is 2. The summed E-state index contributed by atoms with van der Waals surface area (Å²) in [6.45, 7) is 1.42. The first-order valence-corrected chi connectivity index (χ1v) is 11.0. The van der Waals surface area contributed by atoms with E-state index in [0.717, 1.165) is 16.7 Å². The minimum absolute atomic E-state index is 0.0929. The summed E-state index contributed by atoms with van der Waals surface area (Å²) in [6.07, 6.45) is -0.437. The number of esters is 1. The van der Waals surface area contributed by atoms with Gasteiger partial charge in [0.15, 0.2) is 23.0 Å². The lowest BCUT2D eigenvalue weighted by molar-refractivity contribution is -0.144. The maximum Gasteiger partial charge on any atom is 0.302 e. The number of aliphatic hydroxyl groups excluding tert-OH is 1. The van der Waals surface area contributed by atoms with Gasteiger partial charge in [-0.15, -0.1) is 0 Å². The molecule has 1 aliphatic carbocycles. The molecule has 1 heterocycles. The van der Waals surface area contributed by atoms with Crippen LogP contribution in [0.5, 0.6) is 28.7 Å². The zero-order valence-corrected chi connectivity index (χ0v) is 20.0. The Hall–Kier alpha value is -3.17. The van der Waals surface area contributed by atoms with Crippen molar-refractivity contribution in [1.82, 2.24) is 0 Å². The van der Waals surface area contributed by atoms with Crippen LogP contribution in [0.15, 0.2) is 24.3 Å². The lowest BCUT2D eigenvalue weighted by atomic mass is 9.65. The van der Waals surface area contributed by atoms with Gasteiger partial charge in [-0.1, -0.05) is 0 Å². The maximum atomic E-state index is 11.7. The van der Waals surface area contributed by atoms with Crippen molar-refractivity contribution >= 4 is 5.97 Å². The van der Waals surface area contributed by atoms with Gasteiger partial charge in [-0.05, 0) is 41.0 Å². The molecule has 4 rings (SSSR count). The van der Waals surface area contributed by atoms with Crippen LogP contribution >= 0.6 is 0 Å². The molecule has 2 aliphatic rings. The second-order valence-corrected chi connectivity index (χ2v) is 8.24. The zero-order chi connectivity index (χ0) is 24.4. The highest BCUT2D eigenvalue weighted by atomic mass is 16.7. The number of methoxy groups -OCH3 is 4. The van der Waals surface area contributed by atoms with Crippen LogP contribution in [0.4, 0.5) is 0 Å². The molecule has 184 valence electrons. The first-order chi connectivity index (χ1) is 16.5. The van der Waals surface area contributed by atoms with Gasteiger partial charge in [-0.2, -0.15) is 0 Å². The third kappa shape index (κ3) is 4.10. The Labute approximate surface area is 198 Å². The summed E-state index contributed by atoms with van der Waals surface area (Å²) < 4.78 is 39.3. The number of carbonyl (C=O) groups is 1. The third-order valence-electron chi connectivity index (χ3n) is 6.58. The van der Waals surface area contributed by atoms with Crippen molar-refractivity contribution in [3.8, 4) is 28.7 Å². The van der Waals surface area contributed by atoms with E-state index in [1.54, 1.807) is 28.4 Å². The molecule has 9 nitrogen and oxygen atoms in total. The normalized spacial score (nSPS) is 22.6. The van der Waals surface area contributed by atoms with E-state index in [1.165, 1.54) is 6.92 Å². The SMILES string of the molecule is COc1cc([C@@H]2c3cc4c(cc3[C@@H](OC)[C@@H](CO)[C@H]2COC(C)=O)OCO4)cc(OC)c1OC. The van der Waals surface area contributed by atoms with E-state index in [-0.39, 0.29) is 37.8 Å². The van der Waals surface area contributed by atoms with Gasteiger partial charge >= 0.3 is 5.97 Å². The molecule has 0 aromatic heterocycles. The Kier molecular flexibility index (Phi) is 7.04. The molecule has 0 saturated heterocycles. The second kappa shape index (κ2) is 9.99. The van der Waals surface area contributed by atoms with Crippen LogP contribution in [-0.4, -0.2) is 59.5 Å². The Morgan fingerprint density at radius 1 is 0.941 bits per heavy atom. The zero-order valence-electron chi connectivity index (χ0n) is 20.0. The average Bonchev–Trinajstić information content (AvgIpc) is 3.31. The van der Waals surface area contributed by atoms with Crippen LogP contribution in [0.3, 0.4) is 0 Å². The molecular weight excluding hydrogens is 444 g/mol. The van der Waals surface area contributed by atoms with Gasteiger partial charge in [0.1, 0.15) is 0 Å². The van der Waals surface area contributed by atoms with Gasteiger partial charge in [-0.3, -0.25) is 4.79 Å². The minimum Gasteiger partial charge on any atom is -0.493 e. The number of benzene rings is 2. The van der Waals surface area contributed by atoms with E-state index in [4.69, 9.17) is 33.2 Å². The fourth-order valence-corrected chi connectivity index (χ4v) is 5.10. The number of aliphatic hydroxyl groups is 1. The Bertz CT molecular complexity index is 1030. The molecule has 0 radical (unpaired) electrons. The first kappa shape index (κ1) is 24.0. The summed E-state index contributed by atoms with van der Waals surface area (Å²) >= 11 is 0. The van der Waals surface area contributed by atoms with Crippen molar-refractivity contribution < 1.29 is 43.1 Å². The Morgan fingerprint density at radius 2 is 1.56 bits per heavy atom. The van der Waals surface area contributed by atoms with Crippen molar-refractivity contribution in [3.05, 3.63) is 41.0 Å². The van der Waals surface area contributed by atoms with Crippen LogP contribution in [-0.2, 0) is 14.3 Å². The topological polar surface area (TPSA) is 102 Å². The summed E-state index contributed by atoms with van der Waals surface area (Å²) in [5.41, 5.74) is 2.65. The molecule has 0 bridgehead atoms. The summed E-state index contributed by atoms with van der Waals surface area (Å²) in [7, 11) is 6.26. The van der Waals surface area contributed by atoms with Gasteiger partial charge in [-0.25, -0.2) is 0 Å². The number of rotatable bonds is 8. The van der Waals surface area contributed by atoms with E-state index in [9.17, 15) is 9.90 Å². The summed E-state index contributed by atoms with van der Waals surface area (Å²) in [6, 6.07) is 7.60. The van der Waals surface area contributed by atoms with E-state index in [1.807, 2.05) is 24.3 Å². The van der Waals surface area contributed by atoms with Crippen LogP contribution in [0.25, 0.3) is 0 Å². The maximum absolute atomic E-state index is 11.7. The van der Waals surface area contributed by atoms with Crippen LogP contribution < -0.4 is 23.7 Å². The predicted molar refractivity (Wildman–Crippen MR) is 121 cm³/mol. The number of carbonyl (C=O) groups excluding carboxylic acids is 1. The number of ether oxygens (including phenoxy) is 7. The van der Waals surface area contributed by atoms with Crippen LogP contribution in [0.1, 0.15) is 35.6 Å². The van der Waals surface area contributed by atoms with Crippen molar-refractivity contribution in [1.29, 1.82) is 0 Å². The van der Waals surface area contributed by atoms with Gasteiger partial charge in [0.25, 0.3) is 0 Å². The molecule has 0 fully saturated rings.